The van der Waals surface area contributed by atoms with Gasteiger partial charge in [-0.1, -0.05) is 43.2 Å². The highest BCUT2D eigenvalue weighted by Crippen LogP contribution is 2.52. The number of nitrogens with two attached hydrogens (primary N) is 1. The molecule has 1 aliphatic carbocycles. The quantitative estimate of drug-likeness (QED) is 0.777. The first kappa shape index (κ1) is 9.72. The minimum atomic E-state index is 0.115. The molecule has 0 saturated heterocycles. The monoisotopic (exact) mass is 189 g/mol. The van der Waals surface area contributed by atoms with Gasteiger partial charge < -0.3 is 5.73 Å². The van der Waals surface area contributed by atoms with Gasteiger partial charge >= 0.3 is 0 Å². The van der Waals surface area contributed by atoms with Crippen molar-refractivity contribution in [2.75, 3.05) is 0 Å². The summed E-state index contributed by atoms with van der Waals surface area (Å²) in [7, 11) is 0. The number of rotatable bonds is 3. The Morgan fingerprint density at radius 3 is 2.57 bits per heavy atom. The van der Waals surface area contributed by atoms with Crippen LogP contribution in [0.2, 0.25) is 0 Å². The van der Waals surface area contributed by atoms with Crippen LogP contribution in [0, 0.1) is 6.92 Å². The molecular weight excluding hydrogens is 170 g/mol. The summed E-state index contributed by atoms with van der Waals surface area (Å²) in [5.41, 5.74) is 9.14. The van der Waals surface area contributed by atoms with E-state index in [0.29, 0.717) is 5.92 Å². The van der Waals surface area contributed by atoms with Gasteiger partial charge in [-0.2, -0.15) is 0 Å². The lowest BCUT2D eigenvalue weighted by molar-refractivity contribution is 0.579. The molecule has 2 N–H and O–H groups in total. The van der Waals surface area contributed by atoms with Crippen LogP contribution in [0.25, 0.3) is 0 Å². The van der Waals surface area contributed by atoms with Crippen molar-refractivity contribution in [1.82, 2.24) is 0 Å². The van der Waals surface area contributed by atoms with E-state index >= 15 is 0 Å². The molecule has 1 fully saturated rings. The number of hydrogen-bond acceptors (Lipinski definition) is 1. The first-order valence-electron chi connectivity index (χ1n) is 5.51. The molecule has 0 aromatic heterocycles. The van der Waals surface area contributed by atoms with Crippen LogP contribution in [-0.4, -0.2) is 5.54 Å². The van der Waals surface area contributed by atoms with E-state index in [4.69, 9.17) is 5.73 Å². The second-order valence-electron chi connectivity index (χ2n) is 4.65. The van der Waals surface area contributed by atoms with Gasteiger partial charge in [0.25, 0.3) is 0 Å². The molecule has 2 unspecified atom stereocenters. The fourth-order valence-corrected chi connectivity index (χ4v) is 2.31. The summed E-state index contributed by atoms with van der Waals surface area (Å²) in [5, 5.41) is 0. The summed E-state index contributed by atoms with van der Waals surface area (Å²) >= 11 is 0. The third-order valence-electron chi connectivity index (χ3n) is 3.31. The minimum Gasteiger partial charge on any atom is -0.325 e. The molecule has 2 atom stereocenters. The number of aryl methyl sites for hydroxylation is 1. The summed E-state index contributed by atoms with van der Waals surface area (Å²) in [6.45, 7) is 4.33. The Hall–Kier alpha value is -0.820. The molecule has 0 radical (unpaired) electrons. The van der Waals surface area contributed by atoms with Crippen LogP contribution in [0.3, 0.4) is 0 Å². The fourth-order valence-electron chi connectivity index (χ4n) is 2.31. The molecule has 76 valence electrons. The van der Waals surface area contributed by atoms with Crippen LogP contribution in [0.5, 0.6) is 0 Å². The SMILES string of the molecule is CCCC1(N)CC1c1ccc(C)cc1. The summed E-state index contributed by atoms with van der Waals surface area (Å²) in [6.07, 6.45) is 3.52. The van der Waals surface area contributed by atoms with E-state index in [1.165, 1.54) is 24.0 Å². The molecule has 0 spiro atoms. The van der Waals surface area contributed by atoms with Crippen LogP contribution in [-0.2, 0) is 0 Å². The van der Waals surface area contributed by atoms with Gasteiger partial charge in [-0.15, -0.1) is 0 Å². The third-order valence-corrected chi connectivity index (χ3v) is 3.31. The van der Waals surface area contributed by atoms with Crippen LogP contribution in [0.4, 0.5) is 0 Å². The van der Waals surface area contributed by atoms with Gasteiger partial charge in [0.15, 0.2) is 0 Å². The molecule has 1 aromatic rings. The molecular formula is C13H19N. The predicted molar refractivity (Wildman–Crippen MR) is 60.4 cm³/mol. The van der Waals surface area contributed by atoms with Crippen molar-refractivity contribution in [3.63, 3.8) is 0 Å². The first-order chi connectivity index (χ1) is 6.65. The van der Waals surface area contributed by atoms with Crippen LogP contribution in [0.15, 0.2) is 24.3 Å². The molecule has 0 bridgehead atoms. The maximum atomic E-state index is 6.27. The van der Waals surface area contributed by atoms with E-state index in [-0.39, 0.29) is 5.54 Å². The van der Waals surface area contributed by atoms with E-state index in [0.717, 1.165) is 6.42 Å². The first-order valence-corrected chi connectivity index (χ1v) is 5.51. The van der Waals surface area contributed by atoms with E-state index in [2.05, 4.69) is 38.1 Å². The van der Waals surface area contributed by atoms with Gasteiger partial charge in [0.1, 0.15) is 0 Å². The Bertz CT molecular complexity index is 315. The van der Waals surface area contributed by atoms with Gasteiger partial charge in [0.05, 0.1) is 0 Å². The molecule has 1 nitrogen and oxygen atoms in total. The summed E-state index contributed by atoms with van der Waals surface area (Å²) in [4.78, 5) is 0. The van der Waals surface area contributed by atoms with Crippen molar-refractivity contribution >= 4 is 0 Å². The molecule has 14 heavy (non-hydrogen) atoms. The predicted octanol–water partition coefficient (Wildman–Crippen LogP) is 2.98. The van der Waals surface area contributed by atoms with Gasteiger partial charge in [-0.3, -0.25) is 0 Å². The summed E-state index contributed by atoms with van der Waals surface area (Å²) < 4.78 is 0. The number of hydrogen-bond donors (Lipinski definition) is 1. The zero-order valence-corrected chi connectivity index (χ0v) is 9.09. The average molecular weight is 189 g/mol. The van der Waals surface area contributed by atoms with Crippen LogP contribution in [0.1, 0.15) is 43.2 Å². The van der Waals surface area contributed by atoms with Crippen LogP contribution < -0.4 is 5.73 Å². The largest absolute Gasteiger partial charge is 0.325 e. The van der Waals surface area contributed by atoms with Gasteiger partial charge in [0.2, 0.25) is 0 Å². The minimum absolute atomic E-state index is 0.115. The molecule has 0 aliphatic heterocycles. The van der Waals surface area contributed by atoms with Crippen molar-refractivity contribution < 1.29 is 0 Å². The molecule has 0 amide bonds. The second kappa shape index (κ2) is 3.39. The highest BCUT2D eigenvalue weighted by atomic mass is 14.9. The van der Waals surface area contributed by atoms with Crippen molar-refractivity contribution in [2.45, 2.75) is 44.6 Å². The van der Waals surface area contributed by atoms with Crippen molar-refractivity contribution in [3.8, 4) is 0 Å². The highest BCUT2D eigenvalue weighted by molar-refractivity contribution is 5.34. The molecule has 1 saturated carbocycles. The zero-order chi connectivity index (χ0) is 10.2. The Balaban J connectivity index is 2.09. The van der Waals surface area contributed by atoms with Crippen molar-refractivity contribution in [3.05, 3.63) is 35.4 Å². The zero-order valence-electron chi connectivity index (χ0n) is 9.09. The van der Waals surface area contributed by atoms with Gasteiger partial charge in [-0.25, -0.2) is 0 Å². The Morgan fingerprint density at radius 2 is 2.00 bits per heavy atom. The molecule has 1 aliphatic rings. The van der Waals surface area contributed by atoms with E-state index in [9.17, 15) is 0 Å². The molecule has 2 rings (SSSR count). The van der Waals surface area contributed by atoms with Crippen molar-refractivity contribution in [1.29, 1.82) is 0 Å². The van der Waals surface area contributed by atoms with E-state index < -0.39 is 0 Å². The Kier molecular flexibility index (Phi) is 2.36. The average Bonchev–Trinajstić information content (AvgIpc) is 2.80. The van der Waals surface area contributed by atoms with Crippen molar-refractivity contribution in [2.24, 2.45) is 5.73 Å². The summed E-state index contributed by atoms with van der Waals surface area (Å²) in [5.74, 6) is 0.614. The maximum Gasteiger partial charge on any atom is 0.0230 e. The van der Waals surface area contributed by atoms with E-state index in [1.807, 2.05) is 0 Å². The van der Waals surface area contributed by atoms with Gasteiger partial charge in [0, 0.05) is 11.5 Å². The van der Waals surface area contributed by atoms with Gasteiger partial charge in [-0.05, 0) is 25.3 Å². The van der Waals surface area contributed by atoms with E-state index in [1.54, 1.807) is 0 Å². The maximum absolute atomic E-state index is 6.27. The topological polar surface area (TPSA) is 26.0 Å². The molecule has 1 heteroatoms. The smallest absolute Gasteiger partial charge is 0.0230 e. The summed E-state index contributed by atoms with van der Waals surface area (Å²) in [6, 6.07) is 8.81. The standard InChI is InChI=1S/C13H19N/c1-3-8-13(14)9-12(13)11-6-4-10(2)5-7-11/h4-7,12H,3,8-9,14H2,1-2H3. The Labute approximate surface area is 86.3 Å². The third kappa shape index (κ3) is 1.69. The lowest BCUT2D eigenvalue weighted by Gasteiger charge is -2.09. The Morgan fingerprint density at radius 1 is 1.36 bits per heavy atom. The molecule has 1 aromatic carbocycles. The normalized spacial score (nSPS) is 30.4. The lowest BCUT2D eigenvalue weighted by Crippen LogP contribution is -2.23. The second-order valence-corrected chi connectivity index (χ2v) is 4.65. The molecule has 0 heterocycles. The fraction of sp³-hybridized carbons (Fsp3) is 0.538. The lowest BCUT2D eigenvalue weighted by atomic mass is 10.0. The van der Waals surface area contributed by atoms with Crippen LogP contribution >= 0.6 is 0 Å². The highest BCUT2D eigenvalue weighted by Gasteiger charge is 2.50. The number of benzene rings is 1.